The van der Waals surface area contributed by atoms with Crippen LogP contribution in [-0.4, -0.2) is 63.3 Å². The van der Waals surface area contributed by atoms with E-state index in [0.29, 0.717) is 17.9 Å². The van der Waals surface area contributed by atoms with Crippen molar-refractivity contribution < 1.29 is 4.74 Å². The number of nitrogens with one attached hydrogen (secondary N) is 2. The summed E-state index contributed by atoms with van der Waals surface area (Å²) in [7, 11) is 1.77. The minimum Gasteiger partial charge on any atom is -0.383 e. The van der Waals surface area contributed by atoms with E-state index in [0.717, 1.165) is 32.2 Å². The van der Waals surface area contributed by atoms with Crippen molar-refractivity contribution in [2.45, 2.75) is 46.6 Å². The third-order valence-corrected chi connectivity index (χ3v) is 4.54. The van der Waals surface area contributed by atoms with E-state index in [-0.39, 0.29) is 24.0 Å². The molecule has 23 heavy (non-hydrogen) atoms. The fourth-order valence-corrected chi connectivity index (χ4v) is 2.54. The van der Waals surface area contributed by atoms with Crippen molar-refractivity contribution in [2.24, 2.45) is 16.8 Å². The summed E-state index contributed by atoms with van der Waals surface area (Å²) >= 11 is 0. The van der Waals surface area contributed by atoms with E-state index in [1.807, 2.05) is 0 Å². The Morgan fingerprint density at radius 1 is 1.26 bits per heavy atom. The van der Waals surface area contributed by atoms with Gasteiger partial charge in [0.2, 0.25) is 0 Å². The van der Waals surface area contributed by atoms with E-state index in [1.54, 1.807) is 7.11 Å². The van der Waals surface area contributed by atoms with Crippen LogP contribution in [0.2, 0.25) is 0 Å². The Morgan fingerprint density at radius 3 is 2.43 bits per heavy atom. The zero-order chi connectivity index (χ0) is 16.4. The van der Waals surface area contributed by atoms with Gasteiger partial charge in [0.1, 0.15) is 0 Å². The fourth-order valence-electron chi connectivity index (χ4n) is 2.54. The van der Waals surface area contributed by atoms with Gasteiger partial charge in [0.15, 0.2) is 5.96 Å². The van der Waals surface area contributed by atoms with Crippen LogP contribution in [0.5, 0.6) is 0 Å². The average Bonchev–Trinajstić information content (AvgIpc) is 2.51. The number of methoxy groups -OCH3 is 1. The molecule has 0 spiro atoms. The fraction of sp³-hybridized carbons (Fsp3) is 0.941. The molecule has 0 aromatic rings. The van der Waals surface area contributed by atoms with E-state index in [2.05, 4.69) is 43.2 Å². The molecule has 5 nitrogen and oxygen atoms in total. The monoisotopic (exact) mass is 440 g/mol. The molecule has 138 valence electrons. The minimum atomic E-state index is 0. The number of guanidine groups is 1. The molecule has 1 atom stereocenters. The molecule has 1 aliphatic heterocycles. The van der Waals surface area contributed by atoms with E-state index in [4.69, 9.17) is 9.73 Å². The number of ether oxygens (including phenoxy) is 1. The second kappa shape index (κ2) is 13.2. The number of hydrogen-bond donors (Lipinski definition) is 2. The van der Waals surface area contributed by atoms with Crippen molar-refractivity contribution in [2.75, 3.05) is 46.4 Å². The van der Waals surface area contributed by atoms with Crippen molar-refractivity contribution in [3.63, 3.8) is 0 Å². The molecule has 1 fully saturated rings. The normalized spacial score (nSPS) is 18.6. The summed E-state index contributed by atoms with van der Waals surface area (Å²) in [5.41, 5.74) is 0. The molecule has 0 bridgehead atoms. The molecule has 0 aromatic carbocycles. The highest BCUT2D eigenvalue weighted by Crippen LogP contribution is 2.17. The predicted molar refractivity (Wildman–Crippen MR) is 110 cm³/mol. The summed E-state index contributed by atoms with van der Waals surface area (Å²) in [6, 6.07) is 0.439. The number of hydrogen-bond acceptors (Lipinski definition) is 3. The minimum absolute atomic E-state index is 0. The Bertz CT molecular complexity index is 318. The van der Waals surface area contributed by atoms with Crippen molar-refractivity contribution in [3.05, 3.63) is 0 Å². The summed E-state index contributed by atoms with van der Waals surface area (Å²) in [4.78, 5) is 7.29. The summed E-state index contributed by atoms with van der Waals surface area (Å²) in [5, 5.41) is 6.86. The van der Waals surface area contributed by atoms with Gasteiger partial charge in [0.05, 0.1) is 6.61 Å². The van der Waals surface area contributed by atoms with Crippen LogP contribution in [0, 0.1) is 11.8 Å². The van der Waals surface area contributed by atoms with Crippen LogP contribution in [0.25, 0.3) is 0 Å². The molecule has 0 amide bonds. The van der Waals surface area contributed by atoms with Gasteiger partial charge < -0.3 is 20.3 Å². The molecule has 1 unspecified atom stereocenters. The SMILES string of the molecule is CCNC(=NCC1CCN(CCOC)CC1)NC(C)C(C)C.I. The molecule has 1 saturated heterocycles. The van der Waals surface area contributed by atoms with Crippen molar-refractivity contribution >= 4 is 29.9 Å². The van der Waals surface area contributed by atoms with Crippen LogP contribution in [0.4, 0.5) is 0 Å². The zero-order valence-corrected chi connectivity index (χ0v) is 17.9. The summed E-state index contributed by atoms with van der Waals surface area (Å²) < 4.78 is 5.15. The van der Waals surface area contributed by atoms with Crippen LogP contribution in [0.3, 0.4) is 0 Å². The lowest BCUT2D eigenvalue weighted by Crippen LogP contribution is -2.44. The Morgan fingerprint density at radius 2 is 1.91 bits per heavy atom. The first-order valence-electron chi connectivity index (χ1n) is 8.82. The van der Waals surface area contributed by atoms with Crippen molar-refractivity contribution in [3.8, 4) is 0 Å². The molecule has 0 aliphatic carbocycles. The third-order valence-electron chi connectivity index (χ3n) is 4.54. The van der Waals surface area contributed by atoms with Crippen LogP contribution >= 0.6 is 24.0 Å². The van der Waals surface area contributed by atoms with Gasteiger partial charge in [-0.05, 0) is 51.6 Å². The second-order valence-corrected chi connectivity index (χ2v) is 6.67. The number of rotatable bonds is 8. The van der Waals surface area contributed by atoms with Crippen LogP contribution in [0.15, 0.2) is 4.99 Å². The number of halogens is 1. The molecule has 1 aliphatic rings. The first-order valence-corrected chi connectivity index (χ1v) is 8.82. The highest BCUT2D eigenvalue weighted by Gasteiger charge is 2.19. The molecule has 0 saturated carbocycles. The Kier molecular flexibility index (Phi) is 13.2. The number of nitrogens with zero attached hydrogens (tertiary/aromatic N) is 2. The molecule has 0 radical (unpaired) electrons. The molecule has 1 rings (SSSR count). The standard InChI is InChI=1S/C17H36N4O.HI/c1-6-18-17(20-15(4)14(2)3)19-13-16-7-9-21(10-8-16)11-12-22-5;/h14-16H,6-13H2,1-5H3,(H2,18,19,20);1H. The average molecular weight is 440 g/mol. The van der Waals surface area contributed by atoms with Crippen molar-refractivity contribution in [1.82, 2.24) is 15.5 Å². The highest BCUT2D eigenvalue weighted by molar-refractivity contribution is 14.0. The Labute approximate surface area is 160 Å². The predicted octanol–water partition coefficient (Wildman–Crippen LogP) is 2.56. The van der Waals surface area contributed by atoms with Gasteiger partial charge in [-0.25, -0.2) is 0 Å². The summed E-state index contributed by atoms with van der Waals surface area (Å²) in [6.45, 7) is 14.9. The molecule has 0 aromatic heterocycles. The molecule has 6 heteroatoms. The van der Waals surface area contributed by atoms with Gasteiger partial charge in [0.25, 0.3) is 0 Å². The van der Waals surface area contributed by atoms with E-state index in [1.165, 1.54) is 25.9 Å². The third kappa shape index (κ3) is 9.72. The van der Waals surface area contributed by atoms with Crippen molar-refractivity contribution in [1.29, 1.82) is 0 Å². The van der Waals surface area contributed by atoms with Gasteiger partial charge in [-0.2, -0.15) is 0 Å². The smallest absolute Gasteiger partial charge is 0.191 e. The maximum absolute atomic E-state index is 5.15. The molecular weight excluding hydrogens is 403 g/mol. The van der Waals surface area contributed by atoms with E-state index in [9.17, 15) is 0 Å². The van der Waals surface area contributed by atoms with Crippen LogP contribution in [-0.2, 0) is 4.74 Å². The van der Waals surface area contributed by atoms with E-state index >= 15 is 0 Å². The Balaban J connectivity index is 0.00000484. The molecule has 1 heterocycles. The zero-order valence-electron chi connectivity index (χ0n) is 15.6. The maximum atomic E-state index is 5.15. The topological polar surface area (TPSA) is 48.9 Å². The quantitative estimate of drug-likeness (QED) is 0.346. The number of likely N-dealkylation sites (tertiary alicyclic amines) is 1. The molecular formula is C17H37IN4O. The first kappa shape index (κ1) is 22.9. The van der Waals surface area contributed by atoms with Gasteiger partial charge in [-0.1, -0.05) is 13.8 Å². The maximum Gasteiger partial charge on any atom is 0.191 e. The second-order valence-electron chi connectivity index (χ2n) is 6.67. The van der Waals surface area contributed by atoms with Crippen LogP contribution in [0.1, 0.15) is 40.5 Å². The van der Waals surface area contributed by atoms with Gasteiger partial charge in [0, 0.05) is 32.8 Å². The lowest BCUT2D eigenvalue weighted by molar-refractivity contribution is 0.121. The summed E-state index contributed by atoms with van der Waals surface area (Å²) in [6.07, 6.45) is 2.48. The summed E-state index contributed by atoms with van der Waals surface area (Å²) in [5.74, 6) is 2.28. The first-order chi connectivity index (χ1) is 10.6. The van der Waals surface area contributed by atoms with E-state index < -0.39 is 0 Å². The lowest BCUT2D eigenvalue weighted by atomic mass is 9.97. The number of aliphatic imine (C=N–C) groups is 1. The largest absolute Gasteiger partial charge is 0.383 e. The van der Waals surface area contributed by atoms with Gasteiger partial charge >= 0.3 is 0 Å². The highest BCUT2D eigenvalue weighted by atomic mass is 127. The van der Waals surface area contributed by atoms with Crippen LogP contribution < -0.4 is 10.6 Å². The van der Waals surface area contributed by atoms with Gasteiger partial charge in [-0.15, -0.1) is 24.0 Å². The molecule has 2 N–H and O–H groups in total. The van der Waals surface area contributed by atoms with Gasteiger partial charge in [-0.3, -0.25) is 4.99 Å². The number of piperidine rings is 1. The Hall–Kier alpha value is -0.0800. The lowest BCUT2D eigenvalue weighted by Gasteiger charge is -2.31.